The molecule has 7 heteroatoms. The monoisotopic (exact) mass is 271 g/mol. The summed E-state index contributed by atoms with van der Waals surface area (Å²) >= 11 is 0. The topological polar surface area (TPSA) is 113 Å². The summed E-state index contributed by atoms with van der Waals surface area (Å²) in [5.41, 5.74) is 5.25. The number of primary amides is 1. The lowest BCUT2D eigenvalue weighted by atomic mass is 9.98. The first kappa shape index (κ1) is 15.3. The molecule has 1 saturated heterocycles. The quantitative estimate of drug-likeness (QED) is 0.660. The van der Waals surface area contributed by atoms with Crippen LogP contribution in [0.4, 0.5) is 4.79 Å². The van der Waals surface area contributed by atoms with Crippen LogP contribution in [0.3, 0.4) is 0 Å². The number of aliphatic carboxylic acids is 1. The highest BCUT2D eigenvalue weighted by atomic mass is 16.4. The highest BCUT2D eigenvalue weighted by molar-refractivity contribution is 5.80. The average Bonchev–Trinajstić information content (AvgIpc) is 2.37. The molecule has 1 rings (SSSR count). The van der Waals surface area contributed by atoms with Gasteiger partial charge in [-0.3, -0.25) is 9.59 Å². The smallest absolute Gasteiger partial charge is 0.317 e. The van der Waals surface area contributed by atoms with Gasteiger partial charge >= 0.3 is 12.0 Å². The first-order chi connectivity index (χ1) is 8.93. The Morgan fingerprint density at radius 1 is 1.47 bits per heavy atom. The summed E-state index contributed by atoms with van der Waals surface area (Å²) in [5.74, 6) is -1.64. The van der Waals surface area contributed by atoms with E-state index in [1.165, 1.54) is 4.90 Å². The van der Waals surface area contributed by atoms with Crippen LogP contribution in [-0.4, -0.2) is 47.0 Å². The minimum Gasteiger partial charge on any atom is -0.481 e. The summed E-state index contributed by atoms with van der Waals surface area (Å²) in [4.78, 5) is 35.3. The van der Waals surface area contributed by atoms with Crippen LogP contribution in [0, 0.1) is 5.92 Å². The molecule has 0 bridgehead atoms. The number of carbonyl (C=O) groups excluding carboxylic acids is 2. The normalized spacial score (nSPS) is 20.7. The summed E-state index contributed by atoms with van der Waals surface area (Å²) in [6.45, 7) is 2.69. The van der Waals surface area contributed by atoms with E-state index >= 15 is 0 Å². The Balaban J connectivity index is 2.52. The predicted octanol–water partition coefficient (Wildman–Crippen LogP) is 0.147. The summed E-state index contributed by atoms with van der Waals surface area (Å²) < 4.78 is 0. The van der Waals surface area contributed by atoms with Crippen LogP contribution in [0.25, 0.3) is 0 Å². The highest BCUT2D eigenvalue weighted by Gasteiger charge is 2.28. The minimum atomic E-state index is -0.944. The number of amides is 3. The number of hydrogen-bond acceptors (Lipinski definition) is 3. The molecule has 2 unspecified atom stereocenters. The third kappa shape index (κ3) is 4.76. The number of carbonyl (C=O) groups is 3. The largest absolute Gasteiger partial charge is 0.481 e. The fraction of sp³-hybridized carbons (Fsp3) is 0.750. The Morgan fingerprint density at radius 3 is 2.68 bits per heavy atom. The zero-order valence-electron chi connectivity index (χ0n) is 11.1. The van der Waals surface area contributed by atoms with Gasteiger partial charge in [0.15, 0.2) is 0 Å². The van der Waals surface area contributed by atoms with Crippen molar-refractivity contribution in [2.45, 2.75) is 38.6 Å². The molecule has 0 aromatic carbocycles. The van der Waals surface area contributed by atoms with Gasteiger partial charge < -0.3 is 21.1 Å². The van der Waals surface area contributed by atoms with Crippen LogP contribution in [0.15, 0.2) is 0 Å². The van der Waals surface area contributed by atoms with Crippen LogP contribution in [0.1, 0.15) is 32.6 Å². The van der Waals surface area contributed by atoms with E-state index in [1.807, 2.05) is 6.92 Å². The molecule has 7 nitrogen and oxygen atoms in total. The van der Waals surface area contributed by atoms with Crippen LogP contribution in [0.2, 0.25) is 0 Å². The molecule has 0 aliphatic carbocycles. The SMILES string of the molecule is CCC(CC(=O)O)NC(=O)N1CCCC(C(N)=O)C1. The maximum Gasteiger partial charge on any atom is 0.317 e. The van der Waals surface area contributed by atoms with E-state index in [9.17, 15) is 14.4 Å². The summed E-state index contributed by atoms with van der Waals surface area (Å²) in [6, 6.07) is -0.710. The van der Waals surface area contributed by atoms with Gasteiger partial charge in [0.25, 0.3) is 0 Å². The van der Waals surface area contributed by atoms with Crippen molar-refractivity contribution in [3.63, 3.8) is 0 Å². The van der Waals surface area contributed by atoms with Crippen LogP contribution < -0.4 is 11.1 Å². The van der Waals surface area contributed by atoms with Crippen LogP contribution in [-0.2, 0) is 9.59 Å². The van der Waals surface area contributed by atoms with Crippen LogP contribution >= 0.6 is 0 Å². The number of nitrogens with one attached hydrogen (secondary N) is 1. The number of nitrogens with zero attached hydrogens (tertiary/aromatic N) is 1. The number of nitrogens with two attached hydrogens (primary N) is 1. The third-order valence-electron chi connectivity index (χ3n) is 3.35. The first-order valence-electron chi connectivity index (χ1n) is 6.50. The van der Waals surface area contributed by atoms with Gasteiger partial charge in [0.1, 0.15) is 0 Å². The fourth-order valence-corrected chi connectivity index (χ4v) is 2.17. The number of rotatable bonds is 5. The minimum absolute atomic E-state index is 0.102. The molecule has 0 radical (unpaired) electrons. The van der Waals surface area contributed by atoms with Gasteiger partial charge in [-0.25, -0.2) is 4.79 Å². The zero-order chi connectivity index (χ0) is 14.4. The molecule has 4 N–H and O–H groups in total. The van der Waals surface area contributed by atoms with Crippen molar-refractivity contribution in [1.82, 2.24) is 10.2 Å². The molecule has 0 spiro atoms. The number of hydrogen-bond donors (Lipinski definition) is 3. The lowest BCUT2D eigenvalue weighted by Gasteiger charge is -2.32. The molecule has 1 aliphatic heterocycles. The molecule has 2 atom stereocenters. The summed E-state index contributed by atoms with van der Waals surface area (Å²) in [5, 5.41) is 11.4. The van der Waals surface area contributed by atoms with Crippen molar-refractivity contribution >= 4 is 17.9 Å². The Labute approximate surface area is 112 Å². The number of likely N-dealkylation sites (tertiary alicyclic amines) is 1. The third-order valence-corrected chi connectivity index (χ3v) is 3.35. The van der Waals surface area contributed by atoms with Crippen LogP contribution in [0.5, 0.6) is 0 Å². The van der Waals surface area contributed by atoms with E-state index < -0.39 is 11.9 Å². The van der Waals surface area contributed by atoms with Gasteiger partial charge in [-0.2, -0.15) is 0 Å². The Bertz CT molecular complexity index is 359. The Kier molecular flexibility index (Phi) is 5.59. The summed E-state index contributed by atoms with van der Waals surface area (Å²) in [7, 11) is 0. The molecule has 3 amide bonds. The van der Waals surface area contributed by atoms with Crippen molar-refractivity contribution in [2.24, 2.45) is 11.7 Å². The molecular formula is C12H21N3O4. The molecule has 1 aliphatic rings. The predicted molar refractivity (Wildman–Crippen MR) is 68.4 cm³/mol. The van der Waals surface area contributed by atoms with E-state index in [4.69, 9.17) is 10.8 Å². The highest BCUT2D eigenvalue weighted by Crippen LogP contribution is 2.16. The molecule has 0 saturated carbocycles. The molecule has 108 valence electrons. The van der Waals surface area contributed by atoms with E-state index in [0.29, 0.717) is 25.9 Å². The fourth-order valence-electron chi connectivity index (χ4n) is 2.17. The molecule has 1 fully saturated rings. The van der Waals surface area contributed by atoms with Gasteiger partial charge in [0.2, 0.25) is 5.91 Å². The first-order valence-corrected chi connectivity index (χ1v) is 6.50. The standard InChI is InChI=1S/C12H21N3O4/c1-2-9(6-10(16)17)14-12(19)15-5-3-4-8(7-15)11(13)18/h8-9H,2-7H2,1H3,(H2,13,18)(H,14,19)(H,16,17). The average molecular weight is 271 g/mol. The number of piperidine rings is 1. The second-order valence-corrected chi connectivity index (χ2v) is 4.84. The molecule has 19 heavy (non-hydrogen) atoms. The lowest BCUT2D eigenvalue weighted by Crippen LogP contribution is -2.50. The van der Waals surface area contributed by atoms with Crippen molar-refractivity contribution in [2.75, 3.05) is 13.1 Å². The number of carboxylic acid groups (broad SMARTS) is 1. The van der Waals surface area contributed by atoms with Gasteiger partial charge in [0, 0.05) is 19.1 Å². The number of urea groups is 1. The molecule has 0 aromatic rings. The van der Waals surface area contributed by atoms with Gasteiger partial charge in [-0.05, 0) is 19.3 Å². The molecule has 0 aromatic heterocycles. The van der Waals surface area contributed by atoms with Gasteiger partial charge in [-0.15, -0.1) is 0 Å². The second-order valence-electron chi connectivity index (χ2n) is 4.84. The summed E-state index contributed by atoms with van der Waals surface area (Å²) in [6.07, 6.45) is 1.88. The van der Waals surface area contributed by atoms with E-state index in [1.54, 1.807) is 0 Å². The lowest BCUT2D eigenvalue weighted by molar-refractivity contribution is -0.137. The van der Waals surface area contributed by atoms with Crippen molar-refractivity contribution < 1.29 is 19.5 Å². The van der Waals surface area contributed by atoms with Crippen molar-refractivity contribution in [3.8, 4) is 0 Å². The zero-order valence-corrected chi connectivity index (χ0v) is 11.1. The maximum absolute atomic E-state index is 12.0. The Morgan fingerprint density at radius 2 is 2.16 bits per heavy atom. The van der Waals surface area contributed by atoms with Crippen molar-refractivity contribution in [1.29, 1.82) is 0 Å². The van der Waals surface area contributed by atoms with Gasteiger partial charge in [-0.1, -0.05) is 6.92 Å². The van der Waals surface area contributed by atoms with Gasteiger partial charge in [0.05, 0.1) is 12.3 Å². The number of carboxylic acids is 1. The molecule has 1 heterocycles. The van der Waals surface area contributed by atoms with E-state index in [0.717, 1.165) is 6.42 Å². The second kappa shape index (κ2) is 6.96. The van der Waals surface area contributed by atoms with E-state index in [-0.39, 0.29) is 24.4 Å². The maximum atomic E-state index is 12.0. The molecular weight excluding hydrogens is 250 g/mol. The van der Waals surface area contributed by atoms with E-state index in [2.05, 4.69) is 5.32 Å². The van der Waals surface area contributed by atoms with Crippen molar-refractivity contribution in [3.05, 3.63) is 0 Å². The Hall–Kier alpha value is -1.79.